The highest BCUT2D eigenvalue weighted by molar-refractivity contribution is 7.11. The average molecular weight is 323 g/mol. The van der Waals surface area contributed by atoms with Crippen LogP contribution in [0.2, 0.25) is 0 Å². The number of hydrogen-bond donors (Lipinski definition) is 2. The van der Waals surface area contributed by atoms with Crippen molar-refractivity contribution >= 4 is 39.9 Å². The van der Waals surface area contributed by atoms with Crippen molar-refractivity contribution in [1.82, 2.24) is 5.43 Å². The summed E-state index contributed by atoms with van der Waals surface area (Å²) in [5, 5.41) is 11.4. The molecule has 0 saturated carbocycles. The molecule has 0 aliphatic rings. The van der Waals surface area contributed by atoms with Crippen molar-refractivity contribution in [2.45, 2.75) is 13.0 Å². The second-order valence-corrected chi connectivity index (χ2v) is 6.16. The van der Waals surface area contributed by atoms with Crippen molar-refractivity contribution in [3.05, 3.63) is 64.9 Å². The molecular formula is C18H17N3OS. The first-order valence-electron chi connectivity index (χ1n) is 7.34. The lowest BCUT2D eigenvalue weighted by molar-refractivity contribution is -0.121. The van der Waals surface area contributed by atoms with Crippen molar-refractivity contribution in [2.24, 2.45) is 5.10 Å². The van der Waals surface area contributed by atoms with Gasteiger partial charge in [0.2, 0.25) is 0 Å². The zero-order valence-corrected chi connectivity index (χ0v) is 13.5. The molecule has 0 radical (unpaired) electrons. The van der Waals surface area contributed by atoms with Gasteiger partial charge in [0.05, 0.1) is 6.21 Å². The number of anilines is 1. The van der Waals surface area contributed by atoms with Gasteiger partial charge in [-0.25, -0.2) is 5.43 Å². The monoisotopic (exact) mass is 323 g/mol. The summed E-state index contributed by atoms with van der Waals surface area (Å²) in [6.07, 6.45) is 1.64. The van der Waals surface area contributed by atoms with Gasteiger partial charge in [0.15, 0.2) is 0 Å². The van der Waals surface area contributed by atoms with Crippen LogP contribution in [0.15, 0.2) is 65.1 Å². The fourth-order valence-electron chi connectivity index (χ4n) is 2.22. The maximum Gasteiger partial charge on any atom is 0.262 e. The first-order valence-corrected chi connectivity index (χ1v) is 8.22. The van der Waals surface area contributed by atoms with E-state index in [-0.39, 0.29) is 11.9 Å². The third-order valence-electron chi connectivity index (χ3n) is 3.44. The Hall–Kier alpha value is -2.66. The standard InChI is InChI=1S/C18H17N3OS/c1-13(18(22)21-19-12-17-7-4-10-23-17)20-16-9-8-14-5-2-3-6-15(14)11-16/h2-13,20H,1H3,(H,21,22)/b19-12-/t13-/m0/s1. The highest BCUT2D eigenvalue weighted by Crippen LogP contribution is 2.19. The van der Waals surface area contributed by atoms with Crippen LogP contribution in [-0.2, 0) is 4.79 Å². The van der Waals surface area contributed by atoms with Gasteiger partial charge >= 0.3 is 0 Å². The van der Waals surface area contributed by atoms with Gasteiger partial charge in [-0.05, 0) is 41.3 Å². The van der Waals surface area contributed by atoms with E-state index in [1.165, 1.54) is 5.39 Å². The molecule has 5 heteroatoms. The van der Waals surface area contributed by atoms with Crippen molar-refractivity contribution in [2.75, 3.05) is 5.32 Å². The van der Waals surface area contributed by atoms with E-state index in [2.05, 4.69) is 28.0 Å². The molecule has 116 valence electrons. The van der Waals surface area contributed by atoms with Crippen LogP contribution in [0.5, 0.6) is 0 Å². The Morgan fingerprint density at radius 2 is 1.96 bits per heavy atom. The minimum Gasteiger partial charge on any atom is -0.374 e. The lowest BCUT2D eigenvalue weighted by atomic mass is 10.1. The van der Waals surface area contributed by atoms with Crippen molar-refractivity contribution in [3.8, 4) is 0 Å². The van der Waals surface area contributed by atoms with E-state index < -0.39 is 0 Å². The van der Waals surface area contributed by atoms with Crippen molar-refractivity contribution in [3.63, 3.8) is 0 Å². The quantitative estimate of drug-likeness (QED) is 0.553. The lowest BCUT2D eigenvalue weighted by Crippen LogP contribution is -2.34. The number of rotatable bonds is 5. The normalized spacial score (nSPS) is 12.4. The number of nitrogens with zero attached hydrogens (tertiary/aromatic N) is 1. The summed E-state index contributed by atoms with van der Waals surface area (Å²) >= 11 is 1.57. The molecule has 0 aliphatic heterocycles. The Bertz CT molecular complexity index is 827. The number of carbonyl (C=O) groups is 1. The van der Waals surface area contributed by atoms with Crippen LogP contribution in [0.1, 0.15) is 11.8 Å². The summed E-state index contributed by atoms with van der Waals surface area (Å²) in [4.78, 5) is 13.1. The zero-order valence-electron chi connectivity index (χ0n) is 12.7. The molecule has 0 spiro atoms. The molecule has 0 aliphatic carbocycles. The number of benzene rings is 2. The second-order valence-electron chi connectivity index (χ2n) is 5.18. The third kappa shape index (κ3) is 3.96. The van der Waals surface area contributed by atoms with Gasteiger partial charge in [-0.15, -0.1) is 11.3 Å². The van der Waals surface area contributed by atoms with Gasteiger partial charge in [0, 0.05) is 10.6 Å². The van der Waals surface area contributed by atoms with E-state index >= 15 is 0 Å². The molecule has 3 rings (SSSR count). The summed E-state index contributed by atoms with van der Waals surface area (Å²) in [6, 6.07) is 17.7. The van der Waals surface area contributed by atoms with Crippen LogP contribution in [0.25, 0.3) is 10.8 Å². The zero-order chi connectivity index (χ0) is 16.1. The summed E-state index contributed by atoms with van der Waals surface area (Å²) in [5.74, 6) is -0.175. The maximum absolute atomic E-state index is 12.1. The van der Waals surface area contributed by atoms with Crippen LogP contribution in [0.4, 0.5) is 5.69 Å². The Kier molecular flexibility index (Phi) is 4.68. The largest absolute Gasteiger partial charge is 0.374 e. The fraction of sp³-hybridized carbons (Fsp3) is 0.111. The second kappa shape index (κ2) is 7.07. The van der Waals surface area contributed by atoms with Gasteiger partial charge in [-0.2, -0.15) is 5.10 Å². The number of carbonyl (C=O) groups excluding carboxylic acids is 1. The van der Waals surface area contributed by atoms with Gasteiger partial charge in [-0.3, -0.25) is 4.79 Å². The van der Waals surface area contributed by atoms with E-state index in [9.17, 15) is 4.79 Å². The van der Waals surface area contributed by atoms with E-state index in [4.69, 9.17) is 0 Å². The van der Waals surface area contributed by atoms with Crippen molar-refractivity contribution < 1.29 is 4.79 Å². The van der Waals surface area contributed by atoms with E-state index in [1.807, 2.05) is 54.8 Å². The van der Waals surface area contributed by atoms with Gasteiger partial charge in [0.1, 0.15) is 6.04 Å². The highest BCUT2D eigenvalue weighted by Gasteiger charge is 2.11. The third-order valence-corrected chi connectivity index (χ3v) is 4.24. The first-order chi connectivity index (χ1) is 11.2. The Morgan fingerprint density at radius 1 is 1.13 bits per heavy atom. The van der Waals surface area contributed by atoms with Crippen LogP contribution in [0, 0.1) is 0 Å². The molecule has 1 amide bonds. The van der Waals surface area contributed by atoms with E-state index in [0.717, 1.165) is 16.0 Å². The lowest BCUT2D eigenvalue weighted by Gasteiger charge is -2.14. The minimum atomic E-state index is -0.378. The molecule has 2 N–H and O–H groups in total. The molecule has 4 nitrogen and oxygen atoms in total. The number of hydrogen-bond acceptors (Lipinski definition) is 4. The molecule has 0 unspecified atom stereocenters. The molecular weight excluding hydrogens is 306 g/mol. The molecule has 1 heterocycles. The number of amides is 1. The molecule has 3 aromatic rings. The van der Waals surface area contributed by atoms with Gasteiger partial charge < -0.3 is 5.32 Å². The van der Waals surface area contributed by atoms with Gasteiger partial charge in [-0.1, -0.05) is 36.4 Å². The molecule has 2 aromatic carbocycles. The SMILES string of the molecule is C[C@H](Nc1ccc2ccccc2c1)C(=O)N/N=C\c1cccs1. The minimum absolute atomic E-state index is 0.175. The Balaban J connectivity index is 1.60. The molecule has 0 saturated heterocycles. The maximum atomic E-state index is 12.1. The fourth-order valence-corrected chi connectivity index (χ4v) is 2.80. The molecule has 0 bridgehead atoms. The number of hydrazone groups is 1. The van der Waals surface area contributed by atoms with Crippen LogP contribution >= 0.6 is 11.3 Å². The van der Waals surface area contributed by atoms with Gasteiger partial charge in [0.25, 0.3) is 5.91 Å². The predicted molar refractivity (Wildman–Crippen MR) is 97.1 cm³/mol. The number of thiophene rings is 1. The van der Waals surface area contributed by atoms with E-state index in [1.54, 1.807) is 17.6 Å². The smallest absolute Gasteiger partial charge is 0.262 e. The average Bonchev–Trinajstić information content (AvgIpc) is 3.08. The summed E-state index contributed by atoms with van der Waals surface area (Å²) in [6.45, 7) is 1.81. The molecule has 23 heavy (non-hydrogen) atoms. The number of fused-ring (bicyclic) bond motifs is 1. The first kappa shape index (κ1) is 15.2. The van der Waals surface area contributed by atoms with Crippen LogP contribution in [0.3, 0.4) is 0 Å². The predicted octanol–water partition coefficient (Wildman–Crippen LogP) is 3.85. The van der Waals surface area contributed by atoms with Crippen LogP contribution in [-0.4, -0.2) is 18.2 Å². The topological polar surface area (TPSA) is 53.5 Å². The molecule has 1 atom stereocenters. The van der Waals surface area contributed by atoms with Crippen LogP contribution < -0.4 is 10.7 Å². The number of nitrogens with one attached hydrogen (secondary N) is 2. The highest BCUT2D eigenvalue weighted by atomic mass is 32.1. The Labute approximate surface area is 138 Å². The summed E-state index contributed by atoms with van der Waals surface area (Å²) in [5.41, 5.74) is 3.46. The van der Waals surface area contributed by atoms with E-state index in [0.29, 0.717) is 0 Å². The Morgan fingerprint density at radius 3 is 2.74 bits per heavy atom. The summed E-state index contributed by atoms with van der Waals surface area (Å²) in [7, 11) is 0. The molecule has 1 aromatic heterocycles. The van der Waals surface area contributed by atoms with Crippen molar-refractivity contribution in [1.29, 1.82) is 0 Å². The summed E-state index contributed by atoms with van der Waals surface area (Å²) < 4.78 is 0. The molecule has 0 fully saturated rings.